The first kappa shape index (κ1) is 11.2. The lowest BCUT2D eigenvalue weighted by atomic mass is 9.96. The molecule has 5 heteroatoms. The van der Waals surface area contributed by atoms with Gasteiger partial charge in [0.1, 0.15) is 0 Å². The Morgan fingerprint density at radius 2 is 2.29 bits per heavy atom. The molecule has 1 unspecified atom stereocenters. The summed E-state index contributed by atoms with van der Waals surface area (Å²) in [6.07, 6.45) is 1.88. The second-order valence-electron chi connectivity index (χ2n) is 3.82. The lowest BCUT2D eigenvalue weighted by Gasteiger charge is -2.31. The Morgan fingerprint density at radius 1 is 1.64 bits per heavy atom. The fraction of sp³-hybridized carbons (Fsp3) is 0.667. The Hall–Kier alpha value is -0.910. The van der Waals surface area contributed by atoms with Crippen molar-refractivity contribution in [2.75, 3.05) is 7.11 Å². The summed E-state index contributed by atoms with van der Waals surface area (Å²) in [5, 5.41) is 4.29. The Kier molecular flexibility index (Phi) is 3.25. The smallest absolute Gasteiger partial charge is 0.0934 e. The Morgan fingerprint density at radius 3 is 2.64 bits per heavy atom. The molecule has 0 spiro atoms. The van der Waals surface area contributed by atoms with Gasteiger partial charge in [-0.25, -0.2) is 5.43 Å². The van der Waals surface area contributed by atoms with Gasteiger partial charge in [0.05, 0.1) is 17.3 Å². The molecule has 14 heavy (non-hydrogen) atoms. The molecule has 1 rings (SSSR count). The van der Waals surface area contributed by atoms with Crippen LogP contribution in [0.1, 0.15) is 25.6 Å². The molecule has 0 aliphatic heterocycles. The maximum absolute atomic E-state index is 5.50. The van der Waals surface area contributed by atoms with Crippen molar-refractivity contribution in [3.05, 3.63) is 18.0 Å². The summed E-state index contributed by atoms with van der Waals surface area (Å²) in [7, 11) is 3.53. The third-order valence-corrected chi connectivity index (χ3v) is 2.42. The molecule has 5 nitrogen and oxygen atoms in total. The maximum Gasteiger partial charge on any atom is 0.0934 e. The van der Waals surface area contributed by atoms with E-state index in [0.29, 0.717) is 0 Å². The predicted molar refractivity (Wildman–Crippen MR) is 54.4 cm³/mol. The van der Waals surface area contributed by atoms with Crippen LogP contribution < -0.4 is 11.3 Å². The summed E-state index contributed by atoms with van der Waals surface area (Å²) >= 11 is 0. The molecule has 0 aliphatic carbocycles. The molecule has 0 radical (unpaired) electrons. The van der Waals surface area contributed by atoms with Gasteiger partial charge < -0.3 is 4.74 Å². The molecular weight excluding hydrogens is 180 g/mol. The van der Waals surface area contributed by atoms with E-state index in [1.54, 1.807) is 11.8 Å². The number of aryl methyl sites for hydroxylation is 1. The van der Waals surface area contributed by atoms with Crippen LogP contribution >= 0.6 is 0 Å². The monoisotopic (exact) mass is 198 g/mol. The van der Waals surface area contributed by atoms with Gasteiger partial charge >= 0.3 is 0 Å². The van der Waals surface area contributed by atoms with Crippen molar-refractivity contribution in [3.8, 4) is 0 Å². The highest BCUT2D eigenvalue weighted by molar-refractivity contribution is 5.10. The van der Waals surface area contributed by atoms with Crippen molar-refractivity contribution in [3.63, 3.8) is 0 Å². The summed E-state index contributed by atoms with van der Waals surface area (Å²) in [6.45, 7) is 3.93. The number of rotatable bonds is 4. The number of nitrogens with zero attached hydrogens (tertiary/aromatic N) is 2. The van der Waals surface area contributed by atoms with Crippen LogP contribution in [-0.2, 0) is 11.8 Å². The molecule has 0 fully saturated rings. The van der Waals surface area contributed by atoms with Crippen molar-refractivity contribution >= 4 is 0 Å². The van der Waals surface area contributed by atoms with Crippen molar-refractivity contribution in [1.29, 1.82) is 0 Å². The number of nitrogens with one attached hydrogen (secondary N) is 1. The minimum Gasteiger partial charge on any atom is -0.377 e. The van der Waals surface area contributed by atoms with Gasteiger partial charge in [0, 0.05) is 20.4 Å². The molecule has 3 N–H and O–H groups in total. The average Bonchev–Trinajstić information content (AvgIpc) is 2.53. The molecule has 0 saturated heterocycles. The highest BCUT2D eigenvalue weighted by Crippen LogP contribution is 2.25. The second kappa shape index (κ2) is 4.08. The van der Waals surface area contributed by atoms with Crippen molar-refractivity contribution in [1.82, 2.24) is 15.2 Å². The molecule has 1 aromatic rings. The zero-order chi connectivity index (χ0) is 10.8. The number of hydrazine groups is 1. The number of ether oxygens (including phenoxy) is 1. The van der Waals surface area contributed by atoms with Crippen LogP contribution in [0.4, 0.5) is 0 Å². The van der Waals surface area contributed by atoms with E-state index in [1.165, 1.54) is 0 Å². The fourth-order valence-electron chi connectivity index (χ4n) is 1.35. The first-order valence-corrected chi connectivity index (χ1v) is 4.52. The first-order chi connectivity index (χ1) is 6.51. The highest BCUT2D eigenvalue weighted by Gasteiger charge is 2.31. The van der Waals surface area contributed by atoms with Crippen LogP contribution in [0.25, 0.3) is 0 Å². The zero-order valence-corrected chi connectivity index (χ0v) is 9.11. The third kappa shape index (κ3) is 2.12. The second-order valence-corrected chi connectivity index (χ2v) is 3.82. The molecule has 1 heterocycles. The van der Waals surface area contributed by atoms with E-state index in [4.69, 9.17) is 10.6 Å². The van der Waals surface area contributed by atoms with Gasteiger partial charge in [0.2, 0.25) is 0 Å². The minimum absolute atomic E-state index is 0.117. The van der Waals surface area contributed by atoms with Gasteiger partial charge in [-0.3, -0.25) is 10.5 Å². The van der Waals surface area contributed by atoms with Crippen molar-refractivity contribution in [2.24, 2.45) is 12.9 Å². The molecule has 0 amide bonds. The molecule has 0 aliphatic rings. The largest absolute Gasteiger partial charge is 0.377 e. The van der Waals surface area contributed by atoms with Crippen LogP contribution in [0.5, 0.6) is 0 Å². The number of nitrogens with two attached hydrogens (primary N) is 1. The van der Waals surface area contributed by atoms with Crippen LogP contribution in [-0.4, -0.2) is 22.5 Å². The molecule has 0 aromatic carbocycles. The van der Waals surface area contributed by atoms with E-state index in [1.807, 2.05) is 33.2 Å². The van der Waals surface area contributed by atoms with Gasteiger partial charge in [0.15, 0.2) is 0 Å². The quantitative estimate of drug-likeness (QED) is 0.541. The van der Waals surface area contributed by atoms with Gasteiger partial charge in [-0.2, -0.15) is 5.10 Å². The fourth-order valence-corrected chi connectivity index (χ4v) is 1.35. The molecule has 1 atom stereocenters. The van der Waals surface area contributed by atoms with Gasteiger partial charge in [-0.15, -0.1) is 0 Å². The van der Waals surface area contributed by atoms with Crippen LogP contribution in [0.2, 0.25) is 0 Å². The third-order valence-electron chi connectivity index (χ3n) is 2.42. The predicted octanol–water partition coefficient (Wildman–Crippen LogP) is 0.349. The first-order valence-electron chi connectivity index (χ1n) is 4.52. The van der Waals surface area contributed by atoms with Crippen LogP contribution in [0, 0.1) is 0 Å². The summed E-state index contributed by atoms with van der Waals surface area (Å²) in [6, 6.07) is 1.80. The lowest BCUT2D eigenvalue weighted by molar-refractivity contribution is -0.0124. The number of hydrogen-bond acceptors (Lipinski definition) is 4. The Balaban J connectivity index is 2.92. The Bertz CT molecular complexity index is 295. The molecule has 0 saturated carbocycles. The summed E-state index contributed by atoms with van der Waals surface area (Å²) in [5.74, 6) is 5.50. The number of aromatic nitrogens is 2. The van der Waals surface area contributed by atoms with Crippen LogP contribution in [0.15, 0.2) is 12.3 Å². The van der Waals surface area contributed by atoms with Crippen molar-refractivity contribution < 1.29 is 4.74 Å². The minimum atomic E-state index is -0.386. The summed E-state index contributed by atoms with van der Waals surface area (Å²) < 4.78 is 7.10. The standard InChI is InChI=1S/C9H18N4O/c1-9(2,14-4)8(11-10)7-5-6-13(3)12-7/h5-6,8,11H,10H2,1-4H3. The number of hydrogen-bond donors (Lipinski definition) is 2. The SMILES string of the molecule is COC(C)(C)C(NN)c1ccn(C)n1. The highest BCUT2D eigenvalue weighted by atomic mass is 16.5. The summed E-state index contributed by atoms with van der Waals surface area (Å²) in [4.78, 5) is 0. The summed E-state index contributed by atoms with van der Waals surface area (Å²) in [5.41, 5.74) is 3.21. The van der Waals surface area contributed by atoms with E-state index in [2.05, 4.69) is 10.5 Å². The molecular formula is C9H18N4O. The normalized spacial score (nSPS) is 14.4. The van der Waals surface area contributed by atoms with Crippen molar-refractivity contribution in [2.45, 2.75) is 25.5 Å². The van der Waals surface area contributed by atoms with E-state index in [9.17, 15) is 0 Å². The van der Waals surface area contributed by atoms with Gasteiger partial charge in [-0.05, 0) is 19.9 Å². The number of methoxy groups -OCH3 is 1. The van der Waals surface area contributed by atoms with Gasteiger partial charge in [0.25, 0.3) is 0 Å². The van der Waals surface area contributed by atoms with E-state index >= 15 is 0 Å². The zero-order valence-electron chi connectivity index (χ0n) is 9.11. The average molecular weight is 198 g/mol. The topological polar surface area (TPSA) is 65.1 Å². The van der Waals surface area contributed by atoms with Gasteiger partial charge in [-0.1, -0.05) is 0 Å². The molecule has 80 valence electrons. The van der Waals surface area contributed by atoms with Crippen LogP contribution in [0.3, 0.4) is 0 Å². The maximum atomic E-state index is 5.50. The van der Waals surface area contributed by atoms with E-state index < -0.39 is 0 Å². The Labute approximate surface area is 84.2 Å². The lowest BCUT2D eigenvalue weighted by Crippen LogP contribution is -2.44. The molecule has 0 bridgehead atoms. The van der Waals surface area contributed by atoms with E-state index in [-0.39, 0.29) is 11.6 Å². The van der Waals surface area contributed by atoms with E-state index in [0.717, 1.165) is 5.69 Å². The molecule has 1 aromatic heterocycles.